The lowest BCUT2D eigenvalue weighted by Gasteiger charge is -2.18. The van der Waals surface area contributed by atoms with E-state index in [0.717, 1.165) is 4.90 Å². The number of carbonyl (C=O) groups is 4. The van der Waals surface area contributed by atoms with Gasteiger partial charge >= 0.3 is 5.97 Å². The van der Waals surface area contributed by atoms with Gasteiger partial charge in [0.2, 0.25) is 5.91 Å². The van der Waals surface area contributed by atoms with Gasteiger partial charge in [-0.25, -0.2) is 4.90 Å². The number of benzene rings is 3. The molecule has 2 aliphatic heterocycles. The lowest BCUT2D eigenvalue weighted by molar-refractivity contribution is -0.139. The molecular weight excluding hydrogens is 775 g/mol. The van der Waals surface area contributed by atoms with E-state index in [1.807, 2.05) is 0 Å². The van der Waals surface area contributed by atoms with Gasteiger partial charge in [-0.1, -0.05) is 23.7 Å². The van der Waals surface area contributed by atoms with Crippen LogP contribution in [0.25, 0.3) is 0 Å². The topological polar surface area (TPSA) is 84.0 Å². The van der Waals surface area contributed by atoms with Gasteiger partial charge in [0.05, 0.1) is 33.4 Å². The molecule has 194 valence electrons. The van der Waals surface area contributed by atoms with Crippen molar-refractivity contribution in [3.05, 3.63) is 82.1 Å². The smallest absolute Gasteiger partial charge is 0.316 e. The van der Waals surface area contributed by atoms with Crippen LogP contribution in [0.5, 0.6) is 5.75 Å². The maximum Gasteiger partial charge on any atom is 0.316 e. The number of fused-ring (bicyclic) bond motifs is 1. The number of rotatable bonds is 4. The summed E-state index contributed by atoms with van der Waals surface area (Å²) in [6.45, 7) is 1.87. The van der Waals surface area contributed by atoms with E-state index in [2.05, 4.69) is 63.7 Å². The number of halogens is 5. The quantitative estimate of drug-likeness (QED) is 0.0902. The van der Waals surface area contributed by atoms with Crippen molar-refractivity contribution in [2.24, 2.45) is 5.92 Å². The van der Waals surface area contributed by atoms with Crippen molar-refractivity contribution in [2.75, 3.05) is 16.3 Å². The number of hydrogen-bond acceptors (Lipinski definition) is 5. The van der Waals surface area contributed by atoms with Crippen molar-refractivity contribution in [3.63, 3.8) is 0 Å². The van der Waals surface area contributed by atoms with Crippen molar-refractivity contribution in [1.29, 1.82) is 0 Å². The molecule has 1 saturated heterocycles. The van der Waals surface area contributed by atoms with Crippen LogP contribution >= 0.6 is 75.3 Å². The average molecular weight is 790 g/mol. The van der Waals surface area contributed by atoms with Gasteiger partial charge in [0.25, 0.3) is 11.8 Å². The van der Waals surface area contributed by atoms with E-state index in [9.17, 15) is 19.2 Å². The summed E-state index contributed by atoms with van der Waals surface area (Å²) in [5.41, 5.74) is 1.94. The summed E-state index contributed by atoms with van der Waals surface area (Å²) in [6, 6.07) is 11.6. The second kappa shape index (κ2) is 10.5. The summed E-state index contributed by atoms with van der Waals surface area (Å²) in [6.07, 6.45) is 0.00500. The van der Waals surface area contributed by atoms with Gasteiger partial charge in [-0.05, 0) is 107 Å². The predicted molar refractivity (Wildman–Crippen MR) is 157 cm³/mol. The first-order valence-corrected chi connectivity index (χ1v) is 14.7. The number of esters is 1. The molecule has 0 bridgehead atoms. The van der Waals surface area contributed by atoms with Crippen molar-refractivity contribution in [3.8, 4) is 5.75 Å². The van der Waals surface area contributed by atoms with Gasteiger partial charge < -0.3 is 9.64 Å². The molecule has 2 aliphatic rings. The molecule has 0 N–H and O–H groups in total. The Morgan fingerprint density at radius 2 is 1.50 bits per heavy atom. The zero-order chi connectivity index (χ0) is 27.5. The van der Waals surface area contributed by atoms with Crippen LogP contribution in [0.2, 0.25) is 5.02 Å². The van der Waals surface area contributed by atoms with E-state index >= 15 is 0 Å². The molecule has 3 aromatic rings. The Balaban J connectivity index is 1.36. The summed E-state index contributed by atoms with van der Waals surface area (Å²) in [7, 11) is 0. The second-order valence-electron chi connectivity index (χ2n) is 8.68. The van der Waals surface area contributed by atoms with Crippen molar-refractivity contribution in [1.82, 2.24) is 0 Å². The number of anilines is 2. The molecule has 0 aromatic heterocycles. The van der Waals surface area contributed by atoms with Crippen LogP contribution in [0.15, 0.2) is 60.4 Å². The monoisotopic (exact) mass is 786 g/mol. The molecule has 3 amide bonds. The van der Waals surface area contributed by atoms with Crippen molar-refractivity contribution >= 4 is 110 Å². The Kier molecular flexibility index (Phi) is 7.60. The summed E-state index contributed by atoms with van der Waals surface area (Å²) < 4.78 is 7.70. The molecule has 0 unspecified atom stereocenters. The Morgan fingerprint density at radius 3 is 2.08 bits per heavy atom. The fourth-order valence-corrected chi connectivity index (χ4v) is 7.17. The molecule has 7 nitrogen and oxygen atoms in total. The molecule has 0 saturated carbocycles. The highest BCUT2D eigenvalue weighted by atomic mass is 79.9. The maximum atomic E-state index is 13.3. The van der Waals surface area contributed by atoms with E-state index in [0.29, 0.717) is 39.9 Å². The van der Waals surface area contributed by atoms with Crippen LogP contribution in [0.1, 0.15) is 32.7 Å². The lowest BCUT2D eigenvalue weighted by atomic mass is 10.1. The molecular formula is C26H15Br4ClN2O5. The van der Waals surface area contributed by atoms with E-state index < -0.39 is 23.7 Å². The third kappa shape index (κ3) is 4.56. The van der Waals surface area contributed by atoms with Gasteiger partial charge in [0, 0.05) is 30.9 Å². The SMILES string of the molecule is Cc1cc(OC(=O)[C@H]2CC(=O)N(c3ccccc3Cl)C2)ccc1N1C(=O)c2c(Br)c(Br)c(Br)c(Br)c2C1=O. The van der Waals surface area contributed by atoms with Crippen LogP contribution < -0.4 is 14.5 Å². The number of imide groups is 1. The first-order chi connectivity index (χ1) is 18.0. The number of ether oxygens (including phenoxy) is 1. The predicted octanol–water partition coefficient (Wildman–Crippen LogP) is 7.46. The minimum absolute atomic E-state index is 0.00500. The molecule has 3 aromatic carbocycles. The fraction of sp³-hybridized carbons (Fsp3) is 0.154. The molecule has 0 radical (unpaired) electrons. The number of carbonyl (C=O) groups excluding carboxylic acids is 4. The van der Waals surface area contributed by atoms with Crippen LogP contribution in [-0.4, -0.2) is 30.2 Å². The number of nitrogens with zero attached hydrogens (tertiary/aromatic N) is 2. The van der Waals surface area contributed by atoms with E-state index in [1.165, 1.54) is 11.0 Å². The van der Waals surface area contributed by atoms with Crippen molar-refractivity contribution < 1.29 is 23.9 Å². The van der Waals surface area contributed by atoms with Crippen molar-refractivity contribution in [2.45, 2.75) is 13.3 Å². The van der Waals surface area contributed by atoms with Gasteiger partial charge in [0.15, 0.2) is 0 Å². The highest BCUT2D eigenvalue weighted by Gasteiger charge is 2.42. The normalized spacial score (nSPS) is 16.9. The van der Waals surface area contributed by atoms with Crippen LogP contribution in [-0.2, 0) is 9.59 Å². The highest BCUT2D eigenvalue weighted by molar-refractivity contribution is 9.15. The van der Waals surface area contributed by atoms with Gasteiger partial charge in [-0.15, -0.1) is 0 Å². The first kappa shape index (κ1) is 27.5. The van der Waals surface area contributed by atoms with Crippen LogP contribution in [0, 0.1) is 12.8 Å². The van der Waals surface area contributed by atoms with Gasteiger partial charge in [-0.2, -0.15) is 0 Å². The Labute approximate surface area is 256 Å². The zero-order valence-electron chi connectivity index (χ0n) is 19.4. The Morgan fingerprint density at radius 1 is 0.895 bits per heavy atom. The number of para-hydroxylation sites is 1. The minimum atomic E-state index is -0.665. The van der Waals surface area contributed by atoms with E-state index in [1.54, 1.807) is 43.3 Å². The summed E-state index contributed by atoms with van der Waals surface area (Å²) in [4.78, 5) is 54.7. The summed E-state index contributed by atoms with van der Waals surface area (Å²) in [5.74, 6) is -2.16. The zero-order valence-corrected chi connectivity index (χ0v) is 26.5. The summed E-state index contributed by atoms with van der Waals surface area (Å²) >= 11 is 19.9. The number of hydrogen-bond donors (Lipinski definition) is 0. The summed E-state index contributed by atoms with van der Waals surface area (Å²) in [5, 5.41) is 0.424. The van der Waals surface area contributed by atoms with E-state index in [4.69, 9.17) is 16.3 Å². The third-order valence-electron chi connectivity index (χ3n) is 6.33. The van der Waals surface area contributed by atoms with Gasteiger partial charge in [0.1, 0.15) is 5.75 Å². The lowest BCUT2D eigenvalue weighted by Crippen LogP contribution is -2.30. The number of aryl methyl sites for hydroxylation is 1. The van der Waals surface area contributed by atoms with Gasteiger partial charge in [-0.3, -0.25) is 19.2 Å². The average Bonchev–Trinajstić information content (AvgIpc) is 3.39. The molecule has 1 fully saturated rings. The molecule has 2 heterocycles. The minimum Gasteiger partial charge on any atom is -0.426 e. The molecule has 1 atom stereocenters. The molecule has 5 rings (SSSR count). The first-order valence-electron chi connectivity index (χ1n) is 11.1. The highest BCUT2D eigenvalue weighted by Crippen LogP contribution is 2.46. The Hall–Kier alpha value is -2.05. The van der Waals surface area contributed by atoms with Crippen LogP contribution in [0.4, 0.5) is 11.4 Å². The fourth-order valence-electron chi connectivity index (χ4n) is 4.48. The molecule has 0 spiro atoms. The molecule has 38 heavy (non-hydrogen) atoms. The third-order valence-corrected chi connectivity index (χ3v) is 11.4. The maximum absolute atomic E-state index is 13.3. The number of amides is 3. The molecule has 12 heteroatoms. The van der Waals surface area contributed by atoms with E-state index in [-0.39, 0.29) is 35.7 Å². The van der Waals surface area contributed by atoms with Crippen LogP contribution in [0.3, 0.4) is 0 Å². The largest absolute Gasteiger partial charge is 0.426 e. The standard InChI is InChI=1S/C26H15Br4ClN2O5/c1-11-8-13(38-26(37)12-9-17(34)32(10-12)16-5-3-2-4-14(16)31)6-7-15(11)33-24(35)18-19(25(33)36)21(28)23(30)22(29)20(18)27/h2-8,12H,9-10H2,1H3/t12-/m0/s1. The Bertz CT molecular complexity index is 1530. The molecule has 0 aliphatic carbocycles. The second-order valence-corrected chi connectivity index (χ2v) is 12.3.